The summed E-state index contributed by atoms with van der Waals surface area (Å²) in [7, 11) is 5.52. The number of hydrogen-bond donors (Lipinski definition) is 0. The zero-order valence-electron chi connectivity index (χ0n) is 3.95. The maximum atomic E-state index is 5.52. The molecule has 0 aliphatic rings. The second-order valence-electron chi connectivity index (χ2n) is 1.37. The molecule has 0 fully saturated rings. The fraction of sp³-hybridized carbons (Fsp3) is 0.500. The van der Waals surface area contributed by atoms with Crippen LogP contribution < -0.4 is 0 Å². The highest BCUT2D eigenvalue weighted by Crippen LogP contribution is 2.01. The maximum absolute atomic E-state index is 5.52. The van der Waals surface area contributed by atoms with E-state index in [-0.39, 0.29) is 19.3 Å². The lowest BCUT2D eigenvalue weighted by molar-refractivity contribution is 1.21. The van der Waals surface area contributed by atoms with Crippen LogP contribution in [0.1, 0.15) is 6.92 Å². The van der Waals surface area contributed by atoms with Crippen molar-refractivity contribution in [3.8, 4) is 0 Å². The van der Waals surface area contributed by atoms with Gasteiger partial charge >= 0.3 is 19.3 Å². The van der Waals surface area contributed by atoms with E-state index in [9.17, 15) is 0 Å². The van der Waals surface area contributed by atoms with Gasteiger partial charge in [-0.05, 0) is 0 Å². The fourth-order valence-electron chi connectivity index (χ4n) is 0.0630. The lowest BCUT2D eigenvalue weighted by Gasteiger charge is -1.89. The van der Waals surface area contributed by atoms with Crippen molar-refractivity contribution in [1.29, 1.82) is 0 Å². The SMILES string of the molecule is C=C[CH](C)[Mg][Cl]. The van der Waals surface area contributed by atoms with E-state index in [0.717, 1.165) is 0 Å². The van der Waals surface area contributed by atoms with Gasteiger partial charge in [0.25, 0.3) is 0 Å². The zero-order valence-corrected chi connectivity index (χ0v) is 6.12. The minimum absolute atomic E-state index is 0.307. The minimum atomic E-state index is -0.307. The van der Waals surface area contributed by atoms with Crippen LogP contribution in [0, 0.1) is 0 Å². The largest absolute Gasteiger partial charge is 0.507 e. The number of halogens is 1. The molecule has 0 rings (SSSR count). The molecular formula is C4H7ClMg. The number of rotatable bonds is 2. The molecule has 0 spiro atoms. The second kappa shape index (κ2) is 3.97. The van der Waals surface area contributed by atoms with Crippen LogP contribution in [0.2, 0.25) is 4.05 Å². The van der Waals surface area contributed by atoms with Crippen molar-refractivity contribution in [2.45, 2.75) is 11.0 Å². The van der Waals surface area contributed by atoms with Gasteiger partial charge in [0.2, 0.25) is 0 Å². The molecule has 0 aromatic heterocycles. The first-order chi connectivity index (χ1) is 2.81. The Kier molecular flexibility index (Phi) is 4.50. The first kappa shape index (κ1) is 6.80. The van der Waals surface area contributed by atoms with Crippen molar-refractivity contribution in [3.05, 3.63) is 12.7 Å². The standard InChI is InChI=1S/C4H7.ClH.Mg/c1-3-4-2;;/h3-4H,1H2,2H3;1H;/q;;+1/p-1. The monoisotopic (exact) mass is 114 g/mol. The molecule has 0 saturated carbocycles. The van der Waals surface area contributed by atoms with E-state index in [1.807, 2.05) is 6.08 Å². The topological polar surface area (TPSA) is 0 Å². The molecule has 1 atom stereocenters. The Labute approximate surface area is 52.1 Å². The normalized spacial score (nSPS) is 12.3. The summed E-state index contributed by atoms with van der Waals surface area (Å²) < 4.78 is 0.603. The highest BCUT2D eigenvalue weighted by Gasteiger charge is 1.95. The van der Waals surface area contributed by atoms with Gasteiger partial charge in [-0.1, -0.05) is 11.0 Å². The van der Waals surface area contributed by atoms with Crippen LogP contribution in [0.4, 0.5) is 0 Å². The van der Waals surface area contributed by atoms with Gasteiger partial charge in [0.1, 0.15) is 0 Å². The van der Waals surface area contributed by atoms with Gasteiger partial charge in [0.05, 0.1) is 0 Å². The fourth-order valence-corrected chi connectivity index (χ4v) is 0.567. The molecule has 2 heteroatoms. The summed E-state index contributed by atoms with van der Waals surface area (Å²) in [5, 5.41) is 0. The summed E-state index contributed by atoms with van der Waals surface area (Å²) in [6.45, 7) is 5.67. The molecular weight excluding hydrogens is 108 g/mol. The molecule has 0 bridgehead atoms. The van der Waals surface area contributed by atoms with Crippen LogP contribution in [0.3, 0.4) is 0 Å². The Hall–Kier alpha value is 0.796. The van der Waals surface area contributed by atoms with Crippen molar-refractivity contribution < 1.29 is 0 Å². The average molecular weight is 115 g/mol. The van der Waals surface area contributed by atoms with Crippen LogP contribution in [0.15, 0.2) is 12.7 Å². The summed E-state index contributed by atoms with van der Waals surface area (Å²) in [5.41, 5.74) is 0. The Balaban J connectivity index is 2.96. The first-order valence-corrected chi connectivity index (χ1v) is 4.95. The predicted octanol–water partition coefficient (Wildman–Crippen LogP) is 1.84. The first-order valence-electron chi connectivity index (χ1n) is 1.99. The third-order valence-corrected chi connectivity index (χ3v) is 2.93. The van der Waals surface area contributed by atoms with Gasteiger partial charge in [0.15, 0.2) is 0 Å². The number of allylic oxidation sites excluding steroid dienone is 1. The van der Waals surface area contributed by atoms with Gasteiger partial charge < -0.3 is 9.07 Å². The lowest BCUT2D eigenvalue weighted by Crippen LogP contribution is -1.82. The Bertz CT molecular complexity index is 44.8. The van der Waals surface area contributed by atoms with Gasteiger partial charge in [-0.15, -0.1) is 12.7 Å². The van der Waals surface area contributed by atoms with Crippen molar-refractivity contribution in [2.24, 2.45) is 0 Å². The van der Waals surface area contributed by atoms with Crippen molar-refractivity contribution >= 4 is 28.3 Å². The summed E-state index contributed by atoms with van der Waals surface area (Å²) in [4.78, 5) is 0. The molecule has 0 aliphatic heterocycles. The van der Waals surface area contributed by atoms with Gasteiger partial charge in [-0.25, -0.2) is 0 Å². The van der Waals surface area contributed by atoms with Crippen molar-refractivity contribution in [1.82, 2.24) is 0 Å². The molecule has 0 N–H and O–H groups in total. The Morgan fingerprint density at radius 2 is 2.50 bits per heavy atom. The van der Waals surface area contributed by atoms with Crippen LogP contribution in [-0.4, -0.2) is 19.3 Å². The van der Waals surface area contributed by atoms with Crippen molar-refractivity contribution in [3.63, 3.8) is 0 Å². The second-order valence-corrected chi connectivity index (χ2v) is 3.89. The third kappa shape index (κ3) is 3.00. The summed E-state index contributed by atoms with van der Waals surface area (Å²) >= 11 is -0.307. The van der Waals surface area contributed by atoms with E-state index in [0.29, 0.717) is 4.05 Å². The quantitative estimate of drug-likeness (QED) is 0.380. The molecule has 32 valence electrons. The van der Waals surface area contributed by atoms with E-state index in [4.69, 9.17) is 9.07 Å². The summed E-state index contributed by atoms with van der Waals surface area (Å²) in [5.74, 6) is 0. The summed E-state index contributed by atoms with van der Waals surface area (Å²) in [6, 6.07) is 0. The van der Waals surface area contributed by atoms with E-state index in [1.54, 1.807) is 0 Å². The summed E-state index contributed by atoms with van der Waals surface area (Å²) in [6.07, 6.45) is 1.90. The van der Waals surface area contributed by atoms with E-state index >= 15 is 0 Å². The van der Waals surface area contributed by atoms with Crippen LogP contribution in [-0.2, 0) is 0 Å². The maximum Gasteiger partial charge on any atom is 0.507 e. The predicted molar refractivity (Wildman–Crippen MR) is 31.2 cm³/mol. The van der Waals surface area contributed by atoms with Crippen molar-refractivity contribution in [2.75, 3.05) is 0 Å². The molecule has 0 aliphatic carbocycles. The average Bonchev–Trinajstić information content (AvgIpc) is 1.65. The molecule has 0 nitrogen and oxygen atoms in total. The molecule has 6 heavy (non-hydrogen) atoms. The molecule has 0 aromatic rings. The van der Waals surface area contributed by atoms with Crippen LogP contribution >= 0.6 is 9.07 Å². The third-order valence-electron chi connectivity index (χ3n) is 0.646. The zero-order chi connectivity index (χ0) is 4.99. The molecule has 0 aromatic carbocycles. The van der Waals surface area contributed by atoms with Crippen LogP contribution in [0.5, 0.6) is 0 Å². The highest BCUT2D eigenvalue weighted by atomic mass is 35.5. The van der Waals surface area contributed by atoms with Gasteiger partial charge in [0, 0.05) is 0 Å². The molecule has 0 saturated heterocycles. The molecule has 1 unspecified atom stereocenters. The molecule has 0 amide bonds. The molecule has 0 radical (unpaired) electrons. The Morgan fingerprint density at radius 3 is 2.50 bits per heavy atom. The minimum Gasteiger partial charge on any atom is -0.345 e. The smallest absolute Gasteiger partial charge is 0.345 e. The van der Waals surface area contributed by atoms with E-state index in [1.165, 1.54) is 0 Å². The van der Waals surface area contributed by atoms with Crippen LogP contribution in [0.25, 0.3) is 0 Å². The van der Waals surface area contributed by atoms with E-state index < -0.39 is 0 Å². The van der Waals surface area contributed by atoms with E-state index in [2.05, 4.69) is 13.5 Å². The van der Waals surface area contributed by atoms with Gasteiger partial charge in [-0.3, -0.25) is 0 Å². The highest BCUT2D eigenvalue weighted by molar-refractivity contribution is 6.94. The Morgan fingerprint density at radius 1 is 2.00 bits per heavy atom. The molecule has 0 heterocycles. The lowest BCUT2D eigenvalue weighted by atomic mass is 10.5. The van der Waals surface area contributed by atoms with Gasteiger partial charge in [-0.2, -0.15) is 0 Å². The number of hydrogen-bond acceptors (Lipinski definition) is 0.